The molecule has 3 N–H and O–H groups in total. The third-order valence-corrected chi connectivity index (χ3v) is 6.75. The zero-order valence-electron chi connectivity index (χ0n) is 28.0. The number of rotatable bonds is 14. The lowest BCUT2D eigenvalue weighted by atomic mass is 9.95. The number of aliphatic hydroxyl groups excluding tert-OH is 3. The van der Waals surface area contributed by atoms with Gasteiger partial charge in [-0.15, -0.1) is 6.58 Å². The summed E-state index contributed by atoms with van der Waals surface area (Å²) in [6.45, 7) is 8.20. The van der Waals surface area contributed by atoms with Crippen molar-refractivity contribution in [3.8, 4) is 0 Å². The Balaban J connectivity index is -0.000000608. The third-order valence-electron chi connectivity index (χ3n) is 6.29. The second-order valence-electron chi connectivity index (χ2n) is 10.2. The molecule has 0 bridgehead atoms. The normalized spacial score (nSPS) is 13.3. The molecule has 2 rings (SSSR count). The molecule has 5 atom stereocenters. The van der Waals surface area contributed by atoms with Gasteiger partial charge in [0.25, 0.3) is 0 Å². The van der Waals surface area contributed by atoms with Crippen LogP contribution in [0.15, 0.2) is 79.4 Å². The number of aliphatic hydroxyl groups is 3. The second-order valence-corrected chi connectivity index (χ2v) is 10.9. The van der Waals surface area contributed by atoms with Gasteiger partial charge in [-0.25, -0.2) is 0 Å². The zero-order valence-corrected chi connectivity index (χ0v) is 29.6. The van der Waals surface area contributed by atoms with Crippen LogP contribution in [0.3, 0.4) is 0 Å². The topological polar surface area (TPSA) is 140 Å². The minimum Gasteiger partial charge on any atom is -0.469 e. The first-order chi connectivity index (χ1) is 21.9. The maximum absolute atomic E-state index is 11.4. The fourth-order valence-electron chi connectivity index (χ4n) is 3.76. The van der Waals surface area contributed by atoms with Gasteiger partial charge in [-0.05, 0) is 57.6 Å². The number of carbonyl (C=O) groups is 3. The number of aryl methyl sites for hydroxylation is 1. The van der Waals surface area contributed by atoms with E-state index in [4.69, 9.17) is 5.11 Å². The van der Waals surface area contributed by atoms with Gasteiger partial charge in [-0.3, -0.25) is 14.4 Å². The van der Waals surface area contributed by atoms with Crippen LogP contribution in [-0.2, 0) is 35.0 Å². The highest BCUT2D eigenvalue weighted by Crippen LogP contribution is 2.16. The number of carbonyl (C=O) groups excluding carboxylic acids is 3. The number of methoxy groups -OCH3 is 3. The van der Waals surface area contributed by atoms with E-state index in [1.807, 2.05) is 60.7 Å². The molecule has 0 aromatic heterocycles. The van der Waals surface area contributed by atoms with E-state index in [-0.39, 0.29) is 25.8 Å². The van der Waals surface area contributed by atoms with E-state index in [9.17, 15) is 24.6 Å². The third kappa shape index (κ3) is 24.0. The lowest BCUT2D eigenvalue weighted by Crippen LogP contribution is -2.27. The number of esters is 3. The molecule has 0 heterocycles. The van der Waals surface area contributed by atoms with Crippen molar-refractivity contribution < 1.29 is 45.3 Å². The van der Waals surface area contributed by atoms with Gasteiger partial charge >= 0.3 is 17.9 Å². The number of hydrogen-bond donors (Lipinski definition) is 3. The van der Waals surface area contributed by atoms with Gasteiger partial charge in [0.05, 0.1) is 57.9 Å². The van der Waals surface area contributed by atoms with Gasteiger partial charge in [0.15, 0.2) is 0 Å². The molecule has 10 heteroatoms. The fraction of sp³-hybridized carbons (Fsp3) is 0.472. The summed E-state index contributed by atoms with van der Waals surface area (Å²) in [5.74, 6) is -1.99. The number of alkyl halides is 1. The van der Waals surface area contributed by atoms with Crippen molar-refractivity contribution in [2.24, 2.45) is 11.8 Å². The molecular weight excluding hydrogens is 656 g/mol. The van der Waals surface area contributed by atoms with Crippen molar-refractivity contribution in [1.29, 1.82) is 0 Å². The number of ether oxygens (including phenoxy) is 3. The van der Waals surface area contributed by atoms with Crippen LogP contribution in [0.5, 0.6) is 0 Å². The summed E-state index contributed by atoms with van der Waals surface area (Å²) < 4.78 is 13.6. The standard InChI is InChI=1S/C14H20O3.C14H18O3.C5H10O3.C3H5Br.H2/c2*1-11(15)13(14(16)17-2)10-6-9-12-7-4-3-5-8-12;1-4(6)3-5(7)8-2;1-2-3-4;/h3-5,7-8,11,13,15H,6,9-10H2,1-2H3;3-9,11,13,15H,10H2,1-2H3;4,6H,3H2,1-2H3;2H,1,3H2;1H/b;9-6+;;;/t2*11-,13-;4-;;/m111../s1. The molecule has 0 saturated heterocycles. The number of hydrogen-bond acceptors (Lipinski definition) is 9. The Morgan fingerprint density at radius 3 is 1.70 bits per heavy atom. The predicted octanol–water partition coefficient (Wildman–Crippen LogP) is 6.18. The predicted molar refractivity (Wildman–Crippen MR) is 188 cm³/mol. The van der Waals surface area contributed by atoms with Crippen LogP contribution in [0.2, 0.25) is 0 Å². The van der Waals surface area contributed by atoms with E-state index in [1.54, 1.807) is 19.9 Å². The monoisotopic (exact) mass is 710 g/mol. The molecule has 2 aromatic carbocycles. The first-order valence-corrected chi connectivity index (χ1v) is 16.2. The Morgan fingerprint density at radius 2 is 1.30 bits per heavy atom. The Labute approximate surface area is 284 Å². The highest BCUT2D eigenvalue weighted by Gasteiger charge is 2.24. The maximum Gasteiger partial charge on any atom is 0.311 e. The SMILES string of the molecule is C=CCBr.COC(=O)C[C@@H](C)O.COC(=O)[C@H](C/C=C/c1ccccc1)[C@@H](C)O.COC(=O)[C@H](CCCc1ccccc1)[C@@H](C)O.[HH]. The molecule has 0 saturated carbocycles. The van der Waals surface area contributed by atoms with Crippen molar-refractivity contribution >= 4 is 39.9 Å². The summed E-state index contributed by atoms with van der Waals surface area (Å²) in [7, 11) is 3.98. The van der Waals surface area contributed by atoms with Gasteiger partial charge in [0, 0.05) is 6.76 Å². The molecule has 0 aliphatic rings. The van der Waals surface area contributed by atoms with Crippen molar-refractivity contribution in [2.75, 3.05) is 26.7 Å². The van der Waals surface area contributed by atoms with E-state index >= 15 is 0 Å². The van der Waals surface area contributed by atoms with Gasteiger partial charge in [0.2, 0.25) is 0 Å². The first kappa shape index (κ1) is 44.8. The van der Waals surface area contributed by atoms with Crippen molar-refractivity contribution in [1.82, 2.24) is 0 Å². The summed E-state index contributed by atoms with van der Waals surface area (Å²) in [5.41, 5.74) is 2.32. The van der Waals surface area contributed by atoms with Crippen LogP contribution < -0.4 is 0 Å². The Kier molecular flexibility index (Phi) is 28.4. The van der Waals surface area contributed by atoms with E-state index in [1.165, 1.54) is 33.8 Å². The first-order valence-electron chi connectivity index (χ1n) is 15.1. The molecule has 2 aromatic rings. The minimum atomic E-state index is -0.706. The maximum atomic E-state index is 11.4. The molecule has 0 fully saturated rings. The molecule has 0 aliphatic carbocycles. The molecule has 0 spiro atoms. The van der Waals surface area contributed by atoms with Gasteiger partial charge in [-0.1, -0.05) is 94.8 Å². The summed E-state index contributed by atoms with van der Waals surface area (Å²) >= 11 is 3.13. The molecule has 0 unspecified atom stereocenters. The van der Waals surface area contributed by atoms with E-state index < -0.39 is 30.1 Å². The van der Waals surface area contributed by atoms with Crippen LogP contribution in [0.25, 0.3) is 6.08 Å². The van der Waals surface area contributed by atoms with E-state index in [0.717, 1.165) is 23.7 Å². The lowest BCUT2D eigenvalue weighted by Gasteiger charge is -2.17. The van der Waals surface area contributed by atoms with Crippen LogP contribution >= 0.6 is 15.9 Å². The minimum absolute atomic E-state index is 0. The summed E-state index contributed by atoms with van der Waals surface area (Å²) in [4.78, 5) is 33.0. The lowest BCUT2D eigenvalue weighted by molar-refractivity contribution is -0.150. The molecule has 0 radical (unpaired) electrons. The average Bonchev–Trinajstić information content (AvgIpc) is 3.05. The number of halogens is 1. The molecule has 0 amide bonds. The van der Waals surface area contributed by atoms with Gasteiger partial charge in [-0.2, -0.15) is 0 Å². The van der Waals surface area contributed by atoms with Crippen molar-refractivity contribution in [3.05, 3.63) is 90.5 Å². The summed E-state index contributed by atoms with van der Waals surface area (Å²) in [6.07, 6.45) is 6.63. The van der Waals surface area contributed by atoms with Gasteiger partial charge in [0.1, 0.15) is 0 Å². The smallest absolute Gasteiger partial charge is 0.311 e. The van der Waals surface area contributed by atoms with Crippen LogP contribution in [0.4, 0.5) is 0 Å². The Hall–Kier alpha value is -3.31. The highest BCUT2D eigenvalue weighted by molar-refractivity contribution is 9.09. The fourth-order valence-corrected chi connectivity index (χ4v) is 3.76. The quantitative estimate of drug-likeness (QED) is 0.0907. The molecule has 260 valence electrons. The van der Waals surface area contributed by atoms with Crippen LogP contribution in [-0.4, -0.2) is 78.2 Å². The Bertz CT molecular complexity index is 1090. The van der Waals surface area contributed by atoms with Crippen LogP contribution in [0.1, 0.15) is 59.0 Å². The van der Waals surface area contributed by atoms with E-state index in [2.05, 4.69) is 48.9 Å². The second kappa shape index (κ2) is 29.1. The number of benzene rings is 2. The van der Waals surface area contributed by atoms with Gasteiger partial charge < -0.3 is 29.5 Å². The summed E-state index contributed by atoms with van der Waals surface area (Å²) in [5, 5.41) is 28.4. The van der Waals surface area contributed by atoms with Crippen LogP contribution in [0, 0.1) is 11.8 Å². The number of allylic oxidation sites excluding steroid dienone is 2. The van der Waals surface area contributed by atoms with Crippen molar-refractivity contribution in [2.45, 2.75) is 71.2 Å². The summed E-state index contributed by atoms with van der Waals surface area (Å²) in [6, 6.07) is 19.9. The molecular formula is C36H55BrO9. The molecule has 9 nitrogen and oxygen atoms in total. The highest BCUT2D eigenvalue weighted by atomic mass is 79.9. The van der Waals surface area contributed by atoms with E-state index in [0.29, 0.717) is 12.8 Å². The largest absolute Gasteiger partial charge is 0.469 e. The molecule has 0 aliphatic heterocycles. The zero-order chi connectivity index (χ0) is 35.3. The molecule has 46 heavy (non-hydrogen) atoms. The average molecular weight is 712 g/mol. The Morgan fingerprint density at radius 1 is 0.826 bits per heavy atom. The van der Waals surface area contributed by atoms with Crippen molar-refractivity contribution in [3.63, 3.8) is 0 Å².